The quantitative estimate of drug-likeness (QED) is 0.241. The van der Waals surface area contributed by atoms with E-state index in [4.69, 9.17) is 10.5 Å². The van der Waals surface area contributed by atoms with E-state index in [1.165, 1.54) is 6.07 Å². The molecule has 198 valence electrons. The van der Waals surface area contributed by atoms with Crippen LogP contribution in [0.15, 0.2) is 60.7 Å². The molecule has 10 heteroatoms. The van der Waals surface area contributed by atoms with Crippen LogP contribution in [0.5, 0.6) is 0 Å². The van der Waals surface area contributed by atoms with Crippen LogP contribution in [-0.2, 0) is 17.6 Å². The molecule has 3 aromatic carbocycles. The fourth-order valence-corrected chi connectivity index (χ4v) is 4.92. The highest BCUT2D eigenvalue weighted by atomic mass is 16.6. The first kappa shape index (κ1) is 25.8. The molecule has 8 N–H and O–H groups in total. The van der Waals surface area contributed by atoms with Gasteiger partial charge in [-0.1, -0.05) is 18.2 Å². The maximum absolute atomic E-state index is 13.5. The molecule has 1 saturated heterocycles. The zero-order chi connectivity index (χ0) is 27.0. The fourth-order valence-electron chi connectivity index (χ4n) is 4.92. The molecule has 1 amide bonds. The van der Waals surface area contributed by atoms with E-state index in [1.54, 1.807) is 24.3 Å². The summed E-state index contributed by atoms with van der Waals surface area (Å²) >= 11 is 0. The minimum atomic E-state index is -1.64. The number of carbonyl (C=O) groups is 2. The Bertz CT molecular complexity index is 1380. The van der Waals surface area contributed by atoms with Crippen molar-refractivity contribution in [2.45, 2.75) is 43.5 Å². The minimum absolute atomic E-state index is 0.150. The van der Waals surface area contributed by atoms with Crippen LogP contribution < -0.4 is 16.4 Å². The second kappa shape index (κ2) is 10.5. The molecule has 0 unspecified atom stereocenters. The molecule has 0 aromatic heterocycles. The number of aliphatic hydroxyl groups is 4. The van der Waals surface area contributed by atoms with Gasteiger partial charge in [0.2, 0.25) is 0 Å². The van der Waals surface area contributed by atoms with Gasteiger partial charge in [-0.3, -0.25) is 9.59 Å². The molecule has 0 radical (unpaired) electrons. The summed E-state index contributed by atoms with van der Waals surface area (Å²) in [5, 5.41) is 45.6. The van der Waals surface area contributed by atoms with E-state index in [9.17, 15) is 30.0 Å². The first-order valence-electron chi connectivity index (χ1n) is 12.3. The molecule has 1 aliphatic carbocycles. The van der Waals surface area contributed by atoms with E-state index >= 15 is 0 Å². The summed E-state index contributed by atoms with van der Waals surface area (Å²) in [7, 11) is 0. The third-order valence-electron chi connectivity index (χ3n) is 7.07. The summed E-state index contributed by atoms with van der Waals surface area (Å²) in [5.74, 6) is -0.873. The van der Waals surface area contributed by atoms with Crippen molar-refractivity contribution < 1.29 is 34.8 Å². The zero-order valence-electron chi connectivity index (χ0n) is 20.4. The van der Waals surface area contributed by atoms with Gasteiger partial charge in [0.15, 0.2) is 12.1 Å². The van der Waals surface area contributed by atoms with Crippen LogP contribution in [0.3, 0.4) is 0 Å². The number of hydrogen-bond donors (Lipinski definition) is 7. The molecule has 10 nitrogen and oxygen atoms in total. The van der Waals surface area contributed by atoms with Crippen molar-refractivity contribution in [3.63, 3.8) is 0 Å². The van der Waals surface area contributed by atoms with Crippen molar-refractivity contribution >= 4 is 28.8 Å². The first-order chi connectivity index (χ1) is 18.3. The number of aryl methyl sites for hydroxylation is 2. The van der Waals surface area contributed by atoms with Gasteiger partial charge in [-0.05, 0) is 66.4 Å². The standard InChI is InChI=1S/C28H29N3O7/c29-20-3-1-2-4-21(20)30-17-9-10-18-15(11-17)7-5-14-6-8-16(12-19(14)24(18)33)27(36)31-23-26(35)25(34)22(13-32)38-28(23)37/h1-4,6,8-12,22-23,25-26,28,30,32,34-35,37H,5,7,13,29H2,(H,31,36)/t22-,23-,25-,26-,28-/m1/s1. The summed E-state index contributed by atoms with van der Waals surface area (Å²) in [6, 6.07) is 16.3. The Kier molecular flexibility index (Phi) is 7.15. The highest BCUT2D eigenvalue weighted by molar-refractivity contribution is 6.12. The molecule has 0 saturated carbocycles. The minimum Gasteiger partial charge on any atom is -0.397 e. The van der Waals surface area contributed by atoms with Gasteiger partial charge in [0.25, 0.3) is 5.91 Å². The van der Waals surface area contributed by atoms with Crippen LogP contribution >= 0.6 is 0 Å². The number of rotatable bonds is 5. The van der Waals surface area contributed by atoms with Gasteiger partial charge < -0.3 is 41.5 Å². The van der Waals surface area contributed by atoms with Crippen LogP contribution in [0.2, 0.25) is 0 Å². The maximum Gasteiger partial charge on any atom is 0.251 e. The lowest BCUT2D eigenvalue weighted by atomic mass is 9.95. The van der Waals surface area contributed by atoms with Gasteiger partial charge in [-0.25, -0.2) is 0 Å². The smallest absolute Gasteiger partial charge is 0.251 e. The summed E-state index contributed by atoms with van der Waals surface area (Å²) in [5.41, 5.74) is 11.0. The molecular formula is C28H29N3O7. The summed E-state index contributed by atoms with van der Waals surface area (Å²) in [6.45, 7) is -0.609. The number of benzene rings is 3. The number of anilines is 3. The third kappa shape index (κ3) is 4.87. The van der Waals surface area contributed by atoms with E-state index in [0.717, 1.165) is 22.5 Å². The lowest BCUT2D eigenvalue weighted by Gasteiger charge is -2.40. The molecule has 5 atom stereocenters. The summed E-state index contributed by atoms with van der Waals surface area (Å²) in [4.78, 5) is 26.5. The number of fused-ring (bicyclic) bond motifs is 2. The first-order valence-corrected chi connectivity index (χ1v) is 12.3. The fraction of sp³-hybridized carbons (Fsp3) is 0.286. The van der Waals surface area contributed by atoms with E-state index in [2.05, 4.69) is 10.6 Å². The Morgan fingerprint density at radius 2 is 1.71 bits per heavy atom. The molecule has 38 heavy (non-hydrogen) atoms. The van der Waals surface area contributed by atoms with E-state index in [0.29, 0.717) is 29.7 Å². The number of nitrogen functional groups attached to an aromatic ring is 1. The second-order valence-corrected chi connectivity index (χ2v) is 9.51. The number of nitrogens with one attached hydrogen (secondary N) is 2. The Labute approximate surface area is 218 Å². The topological polar surface area (TPSA) is 174 Å². The van der Waals surface area contributed by atoms with Crippen molar-refractivity contribution in [3.05, 3.63) is 88.5 Å². The Hall–Kier alpha value is -3.80. The number of aliphatic hydroxyl groups excluding tert-OH is 4. The second-order valence-electron chi connectivity index (χ2n) is 9.51. The third-order valence-corrected chi connectivity index (χ3v) is 7.07. The predicted molar refractivity (Wildman–Crippen MR) is 139 cm³/mol. The van der Waals surface area contributed by atoms with Gasteiger partial charge in [-0.2, -0.15) is 0 Å². The highest BCUT2D eigenvalue weighted by Gasteiger charge is 2.44. The summed E-state index contributed by atoms with van der Waals surface area (Å²) in [6.07, 6.45) is -4.67. The molecule has 0 spiro atoms. The van der Waals surface area contributed by atoms with Crippen LogP contribution in [-0.4, -0.2) is 69.4 Å². The van der Waals surface area contributed by atoms with Crippen LogP contribution in [0, 0.1) is 0 Å². The lowest BCUT2D eigenvalue weighted by molar-refractivity contribution is -0.252. The molecule has 3 aromatic rings. The molecule has 5 rings (SSSR count). The van der Waals surface area contributed by atoms with Crippen molar-refractivity contribution in [1.82, 2.24) is 5.32 Å². The molecule has 1 heterocycles. The lowest BCUT2D eigenvalue weighted by Crippen LogP contribution is -2.64. The van der Waals surface area contributed by atoms with Gasteiger partial charge >= 0.3 is 0 Å². The largest absolute Gasteiger partial charge is 0.397 e. The number of hydrogen-bond acceptors (Lipinski definition) is 9. The van der Waals surface area contributed by atoms with Crippen molar-refractivity contribution in [2.24, 2.45) is 0 Å². The monoisotopic (exact) mass is 519 g/mol. The molecular weight excluding hydrogens is 490 g/mol. The van der Waals surface area contributed by atoms with Crippen molar-refractivity contribution in [1.29, 1.82) is 0 Å². The van der Waals surface area contributed by atoms with Crippen molar-refractivity contribution in [3.8, 4) is 0 Å². The number of para-hydroxylation sites is 2. The molecule has 0 bridgehead atoms. The highest BCUT2D eigenvalue weighted by Crippen LogP contribution is 2.30. The molecule has 1 aliphatic heterocycles. The number of carbonyl (C=O) groups excluding carboxylic acids is 2. The van der Waals surface area contributed by atoms with Gasteiger partial charge in [-0.15, -0.1) is 0 Å². The van der Waals surface area contributed by atoms with Gasteiger partial charge in [0.1, 0.15) is 24.4 Å². The maximum atomic E-state index is 13.5. The van der Waals surface area contributed by atoms with Gasteiger partial charge in [0, 0.05) is 22.4 Å². The zero-order valence-corrected chi connectivity index (χ0v) is 20.4. The van der Waals surface area contributed by atoms with E-state index in [1.807, 2.05) is 30.3 Å². The van der Waals surface area contributed by atoms with E-state index < -0.39 is 43.2 Å². The molecule has 1 fully saturated rings. The van der Waals surface area contributed by atoms with Crippen LogP contribution in [0.25, 0.3) is 0 Å². The Morgan fingerprint density at radius 3 is 2.47 bits per heavy atom. The van der Waals surface area contributed by atoms with E-state index in [-0.39, 0.29) is 11.3 Å². The summed E-state index contributed by atoms with van der Waals surface area (Å²) < 4.78 is 5.10. The van der Waals surface area contributed by atoms with Crippen LogP contribution in [0.4, 0.5) is 17.1 Å². The van der Waals surface area contributed by atoms with Crippen molar-refractivity contribution in [2.75, 3.05) is 17.7 Å². The number of ketones is 1. The Balaban J connectivity index is 1.36. The Morgan fingerprint density at radius 1 is 0.947 bits per heavy atom. The average molecular weight is 520 g/mol. The predicted octanol–water partition coefficient (Wildman–Crippen LogP) is 0.872. The SMILES string of the molecule is Nc1ccccc1Nc1ccc2c(c1)CCc1ccc(C(=O)N[C@@H]3[C@@H](O)[C@H](O)[C@@H](CO)O[C@H]3O)cc1C2=O. The van der Waals surface area contributed by atoms with Crippen LogP contribution in [0.1, 0.15) is 37.4 Å². The number of amides is 1. The average Bonchev–Trinajstić information content (AvgIpc) is 3.05. The number of ether oxygens (including phenoxy) is 1. The normalized spacial score (nSPS) is 24.6. The van der Waals surface area contributed by atoms with Gasteiger partial charge in [0.05, 0.1) is 18.0 Å². The molecule has 2 aliphatic rings. The number of nitrogens with two attached hydrogens (primary N) is 1.